The molecule has 0 unspecified atom stereocenters. The fourth-order valence-electron chi connectivity index (χ4n) is 7.64. The summed E-state index contributed by atoms with van der Waals surface area (Å²) in [6.45, 7) is 10.9. The van der Waals surface area contributed by atoms with Crippen molar-refractivity contribution in [1.29, 1.82) is 0 Å². The highest BCUT2D eigenvalue weighted by Crippen LogP contribution is 2.43. The summed E-state index contributed by atoms with van der Waals surface area (Å²) in [5.74, 6) is -0.458. The number of piperidine rings is 1. The number of nitrogens with zero attached hydrogens (tertiary/aromatic N) is 6. The number of hydrogen-bond donors (Lipinski definition) is 0. The quantitative estimate of drug-likeness (QED) is 0.236. The standard InChI is InChI=1S/C37H45F3N6O5/c1-35(2,3)27-9-4-5-10-29(27)50-30-12-11-25(23-28(30)37(38,39)40)32-41-31(51-42-32)24-45-33(47)36(13-15-44(16-14-36)26-7-6-8-26)46(34(45)48)18-17-43-19-21-49-22-20-43/h4-5,9-12,23,26H,6-8,13-22,24H2,1-3H3. The Kier molecular flexibility index (Phi) is 9.61. The van der Waals surface area contributed by atoms with Crippen LogP contribution in [0.3, 0.4) is 0 Å². The lowest BCUT2D eigenvalue weighted by molar-refractivity contribution is -0.138. The van der Waals surface area contributed by atoms with Crippen LogP contribution in [-0.4, -0.2) is 106 Å². The molecule has 0 radical (unpaired) electrons. The molecule has 2 aromatic carbocycles. The van der Waals surface area contributed by atoms with E-state index >= 15 is 0 Å². The Morgan fingerprint density at radius 3 is 2.29 bits per heavy atom. The van der Waals surface area contributed by atoms with E-state index in [2.05, 4.69) is 19.9 Å². The minimum Gasteiger partial charge on any atom is -0.456 e. The maximum atomic E-state index is 14.4. The molecule has 3 amide bonds. The van der Waals surface area contributed by atoms with E-state index in [-0.39, 0.29) is 40.9 Å². The van der Waals surface area contributed by atoms with Crippen molar-refractivity contribution in [3.8, 4) is 22.9 Å². The molecule has 0 N–H and O–H groups in total. The highest BCUT2D eigenvalue weighted by Gasteiger charge is 2.58. The maximum Gasteiger partial charge on any atom is 0.420 e. The minimum absolute atomic E-state index is 0.0447. The minimum atomic E-state index is -4.74. The van der Waals surface area contributed by atoms with E-state index in [1.54, 1.807) is 17.0 Å². The Balaban J connectivity index is 1.11. The van der Waals surface area contributed by atoms with E-state index in [0.29, 0.717) is 50.9 Å². The first-order chi connectivity index (χ1) is 24.3. The van der Waals surface area contributed by atoms with Gasteiger partial charge in [-0.15, -0.1) is 0 Å². The molecule has 14 heteroatoms. The summed E-state index contributed by atoms with van der Waals surface area (Å²) >= 11 is 0. The molecule has 3 saturated heterocycles. The molecule has 7 rings (SSSR count). The number of benzene rings is 2. The van der Waals surface area contributed by atoms with Gasteiger partial charge in [-0.05, 0) is 55.4 Å². The van der Waals surface area contributed by atoms with Gasteiger partial charge < -0.3 is 23.8 Å². The second kappa shape index (κ2) is 13.8. The predicted octanol–water partition coefficient (Wildman–Crippen LogP) is 6.33. The fourth-order valence-corrected chi connectivity index (χ4v) is 7.64. The number of likely N-dealkylation sites (tertiary alicyclic amines) is 1. The summed E-state index contributed by atoms with van der Waals surface area (Å²) in [6, 6.07) is 10.7. The smallest absolute Gasteiger partial charge is 0.420 e. The van der Waals surface area contributed by atoms with Crippen LogP contribution >= 0.6 is 0 Å². The zero-order chi connectivity index (χ0) is 36.0. The third-order valence-electron chi connectivity index (χ3n) is 10.8. The number of aromatic nitrogens is 2. The van der Waals surface area contributed by atoms with Crippen LogP contribution in [0.4, 0.5) is 18.0 Å². The monoisotopic (exact) mass is 710 g/mol. The number of hydrogen-bond acceptors (Lipinski definition) is 9. The highest BCUT2D eigenvalue weighted by atomic mass is 19.4. The van der Waals surface area contributed by atoms with Crippen molar-refractivity contribution in [2.75, 3.05) is 52.5 Å². The molecular weight excluding hydrogens is 665 g/mol. The number of rotatable bonds is 9. The Morgan fingerprint density at radius 2 is 1.63 bits per heavy atom. The third-order valence-corrected chi connectivity index (χ3v) is 10.8. The van der Waals surface area contributed by atoms with Crippen molar-refractivity contribution in [1.82, 2.24) is 29.7 Å². The van der Waals surface area contributed by atoms with E-state index in [0.717, 1.165) is 50.7 Å². The van der Waals surface area contributed by atoms with E-state index in [4.69, 9.17) is 14.0 Å². The van der Waals surface area contributed by atoms with E-state index in [1.807, 2.05) is 32.9 Å². The Bertz CT molecular complexity index is 1740. The van der Waals surface area contributed by atoms with Crippen LogP contribution in [0, 0.1) is 0 Å². The molecule has 4 fully saturated rings. The number of carbonyl (C=O) groups is 2. The van der Waals surface area contributed by atoms with Gasteiger partial charge in [0, 0.05) is 56.4 Å². The number of alkyl halides is 3. The molecule has 0 bridgehead atoms. The highest BCUT2D eigenvalue weighted by molar-refractivity contribution is 6.07. The van der Waals surface area contributed by atoms with E-state index < -0.39 is 23.3 Å². The number of amides is 3. The van der Waals surface area contributed by atoms with Crippen LogP contribution in [0.15, 0.2) is 47.0 Å². The van der Waals surface area contributed by atoms with Crippen LogP contribution < -0.4 is 4.74 Å². The summed E-state index contributed by atoms with van der Waals surface area (Å²) in [5.41, 5.74) is -1.50. The number of para-hydroxylation sites is 1. The average Bonchev–Trinajstić information content (AvgIpc) is 3.61. The zero-order valence-corrected chi connectivity index (χ0v) is 29.4. The van der Waals surface area contributed by atoms with Crippen molar-refractivity contribution < 1.29 is 36.8 Å². The van der Waals surface area contributed by atoms with Crippen molar-refractivity contribution in [3.05, 3.63) is 59.5 Å². The lowest BCUT2D eigenvalue weighted by Gasteiger charge is -2.47. The fraction of sp³-hybridized carbons (Fsp3) is 0.568. The van der Waals surface area contributed by atoms with Gasteiger partial charge in [-0.3, -0.25) is 14.6 Å². The molecule has 3 aliphatic heterocycles. The summed E-state index contributed by atoms with van der Waals surface area (Å²) in [5, 5.41) is 3.95. The summed E-state index contributed by atoms with van der Waals surface area (Å²) in [6.07, 6.45) is -0.114. The van der Waals surface area contributed by atoms with Gasteiger partial charge in [0.05, 0.1) is 18.8 Å². The van der Waals surface area contributed by atoms with Gasteiger partial charge in [-0.1, -0.05) is 50.5 Å². The first-order valence-corrected chi connectivity index (χ1v) is 17.8. The Labute approximate surface area is 295 Å². The molecule has 1 saturated carbocycles. The normalized spacial score (nSPS) is 20.7. The topological polar surface area (TPSA) is 104 Å². The summed E-state index contributed by atoms with van der Waals surface area (Å²) < 4.78 is 60.0. The molecule has 4 aliphatic rings. The number of halogens is 3. The van der Waals surface area contributed by atoms with Crippen LogP contribution in [0.25, 0.3) is 11.4 Å². The van der Waals surface area contributed by atoms with Crippen molar-refractivity contribution >= 4 is 11.9 Å². The van der Waals surface area contributed by atoms with Gasteiger partial charge >= 0.3 is 12.2 Å². The second-order valence-electron chi connectivity index (χ2n) is 15.0. The number of imide groups is 1. The molecule has 3 aromatic rings. The number of ether oxygens (including phenoxy) is 2. The van der Waals surface area contributed by atoms with Crippen molar-refractivity contribution in [2.24, 2.45) is 0 Å². The molecule has 4 heterocycles. The van der Waals surface area contributed by atoms with Gasteiger partial charge in [0.2, 0.25) is 11.7 Å². The number of urea groups is 1. The molecule has 11 nitrogen and oxygen atoms in total. The first kappa shape index (κ1) is 35.4. The van der Waals surface area contributed by atoms with E-state index in [9.17, 15) is 22.8 Å². The molecule has 274 valence electrons. The van der Waals surface area contributed by atoms with Crippen molar-refractivity contribution in [2.45, 2.75) is 82.6 Å². The van der Waals surface area contributed by atoms with Crippen LogP contribution in [-0.2, 0) is 27.7 Å². The zero-order valence-electron chi connectivity index (χ0n) is 29.4. The van der Waals surface area contributed by atoms with Gasteiger partial charge in [0.15, 0.2) is 0 Å². The number of carbonyl (C=O) groups excluding carboxylic acids is 2. The molecular formula is C37H45F3N6O5. The van der Waals surface area contributed by atoms with Crippen molar-refractivity contribution in [3.63, 3.8) is 0 Å². The largest absolute Gasteiger partial charge is 0.456 e. The van der Waals surface area contributed by atoms with Gasteiger partial charge in [0.25, 0.3) is 5.91 Å². The number of morpholine rings is 1. The maximum absolute atomic E-state index is 14.4. The van der Waals surface area contributed by atoms with Gasteiger partial charge in [0.1, 0.15) is 23.6 Å². The first-order valence-electron chi connectivity index (χ1n) is 17.8. The third kappa shape index (κ3) is 7.10. The molecule has 51 heavy (non-hydrogen) atoms. The molecule has 1 spiro atoms. The summed E-state index contributed by atoms with van der Waals surface area (Å²) in [4.78, 5) is 40.1. The lowest BCUT2D eigenvalue weighted by atomic mass is 9.82. The van der Waals surface area contributed by atoms with E-state index in [1.165, 1.54) is 23.5 Å². The van der Waals surface area contributed by atoms with Gasteiger partial charge in [-0.2, -0.15) is 18.2 Å². The predicted molar refractivity (Wildman–Crippen MR) is 181 cm³/mol. The SMILES string of the molecule is CC(C)(C)c1ccccc1Oc1ccc(-c2noc(CN3C(=O)N(CCN4CCOCC4)C4(CCN(C5CCC5)CC4)C3=O)n2)cc1C(F)(F)F. The Hall–Kier alpha value is -4.01. The average molecular weight is 711 g/mol. The summed E-state index contributed by atoms with van der Waals surface area (Å²) in [7, 11) is 0. The van der Waals surface area contributed by atoms with Crippen LogP contribution in [0.1, 0.15) is 69.9 Å². The van der Waals surface area contributed by atoms with Gasteiger partial charge in [-0.25, -0.2) is 4.79 Å². The molecule has 0 atom stereocenters. The van der Waals surface area contributed by atoms with Crippen LogP contribution in [0.2, 0.25) is 0 Å². The Morgan fingerprint density at radius 1 is 0.922 bits per heavy atom. The molecule has 1 aliphatic carbocycles. The lowest BCUT2D eigenvalue weighted by Crippen LogP contribution is -2.59. The van der Waals surface area contributed by atoms with Crippen LogP contribution in [0.5, 0.6) is 11.5 Å². The second-order valence-corrected chi connectivity index (χ2v) is 15.0. The molecule has 1 aromatic heterocycles.